The number of halogens is 3. The summed E-state index contributed by atoms with van der Waals surface area (Å²) in [6, 6.07) is 4.35. The van der Waals surface area contributed by atoms with E-state index < -0.39 is 5.82 Å². The van der Waals surface area contributed by atoms with Gasteiger partial charge in [-0.05, 0) is 31.0 Å². The molecule has 0 bridgehead atoms. The first-order chi connectivity index (χ1) is 9.56. The normalized spacial score (nSPS) is 21.8. The molecule has 2 unspecified atom stereocenters. The van der Waals surface area contributed by atoms with Gasteiger partial charge in [0.05, 0.1) is 11.7 Å². The van der Waals surface area contributed by atoms with Crippen molar-refractivity contribution in [1.29, 1.82) is 0 Å². The SMILES string of the molecule is COC1CCN(C(=O)c2ccc(Br)cc2F)C(CN)C1.Cl. The van der Waals surface area contributed by atoms with E-state index in [-0.39, 0.29) is 36.0 Å². The maximum absolute atomic E-state index is 13.9. The average Bonchev–Trinajstić information content (AvgIpc) is 2.46. The Labute approximate surface area is 138 Å². The number of rotatable bonds is 3. The number of nitrogens with two attached hydrogens (primary N) is 1. The summed E-state index contributed by atoms with van der Waals surface area (Å²) in [4.78, 5) is 14.1. The van der Waals surface area contributed by atoms with Crippen molar-refractivity contribution in [1.82, 2.24) is 4.90 Å². The highest BCUT2D eigenvalue weighted by Crippen LogP contribution is 2.23. The number of hydrogen-bond acceptors (Lipinski definition) is 3. The van der Waals surface area contributed by atoms with Crippen molar-refractivity contribution in [3.8, 4) is 0 Å². The molecule has 1 heterocycles. The zero-order valence-electron chi connectivity index (χ0n) is 11.7. The minimum absolute atomic E-state index is 0. The smallest absolute Gasteiger partial charge is 0.257 e. The molecule has 21 heavy (non-hydrogen) atoms. The highest BCUT2D eigenvalue weighted by molar-refractivity contribution is 9.10. The van der Waals surface area contributed by atoms with Gasteiger partial charge < -0.3 is 15.4 Å². The molecule has 1 aliphatic heterocycles. The van der Waals surface area contributed by atoms with Gasteiger partial charge >= 0.3 is 0 Å². The second-order valence-corrected chi connectivity index (χ2v) is 5.81. The standard InChI is InChI=1S/C14H18BrFN2O2.ClH/c1-20-11-4-5-18(10(7-11)8-17)14(19)12-3-2-9(15)6-13(12)16;/h2-3,6,10-11H,4-5,7-8,17H2,1H3;1H. The van der Waals surface area contributed by atoms with Gasteiger partial charge in [0.25, 0.3) is 5.91 Å². The second-order valence-electron chi connectivity index (χ2n) is 4.89. The zero-order valence-corrected chi connectivity index (χ0v) is 14.1. The Morgan fingerprint density at radius 1 is 1.57 bits per heavy atom. The number of carbonyl (C=O) groups excluding carboxylic acids is 1. The molecule has 1 saturated heterocycles. The summed E-state index contributed by atoms with van der Waals surface area (Å²) in [6.07, 6.45) is 1.55. The Morgan fingerprint density at radius 2 is 2.29 bits per heavy atom. The molecule has 4 nitrogen and oxygen atoms in total. The number of hydrogen-bond donors (Lipinski definition) is 1. The van der Waals surface area contributed by atoms with Crippen LogP contribution in [0.5, 0.6) is 0 Å². The third-order valence-corrected chi connectivity index (χ3v) is 4.19. The molecule has 0 radical (unpaired) electrons. The van der Waals surface area contributed by atoms with E-state index in [2.05, 4.69) is 15.9 Å². The molecule has 1 fully saturated rings. The molecule has 0 aromatic heterocycles. The molecule has 118 valence electrons. The van der Waals surface area contributed by atoms with Crippen LogP contribution in [-0.4, -0.2) is 43.2 Å². The van der Waals surface area contributed by atoms with Crippen LogP contribution in [0.15, 0.2) is 22.7 Å². The van der Waals surface area contributed by atoms with Gasteiger partial charge in [0, 0.05) is 30.7 Å². The second kappa shape index (κ2) is 8.08. The Balaban J connectivity index is 0.00000220. The average molecular weight is 382 g/mol. The molecule has 2 rings (SSSR count). The van der Waals surface area contributed by atoms with Gasteiger partial charge in [-0.3, -0.25) is 4.79 Å². The van der Waals surface area contributed by atoms with Crippen molar-refractivity contribution in [2.24, 2.45) is 5.73 Å². The molecule has 1 aromatic carbocycles. The van der Waals surface area contributed by atoms with Crippen LogP contribution in [0.1, 0.15) is 23.2 Å². The van der Waals surface area contributed by atoms with Crippen LogP contribution in [0.4, 0.5) is 4.39 Å². The Kier molecular flexibility index (Phi) is 7.06. The lowest BCUT2D eigenvalue weighted by atomic mass is 9.98. The molecule has 7 heteroatoms. The van der Waals surface area contributed by atoms with Crippen LogP contribution >= 0.6 is 28.3 Å². The third kappa shape index (κ3) is 4.16. The number of methoxy groups -OCH3 is 1. The maximum Gasteiger partial charge on any atom is 0.257 e. The lowest BCUT2D eigenvalue weighted by Crippen LogP contribution is -2.51. The van der Waals surface area contributed by atoms with Gasteiger partial charge in [-0.2, -0.15) is 0 Å². The molecule has 2 N–H and O–H groups in total. The minimum Gasteiger partial charge on any atom is -0.381 e. The number of ether oxygens (including phenoxy) is 1. The van der Waals surface area contributed by atoms with Crippen LogP contribution < -0.4 is 5.73 Å². The van der Waals surface area contributed by atoms with Crippen molar-refractivity contribution < 1.29 is 13.9 Å². The number of carbonyl (C=O) groups is 1. The Morgan fingerprint density at radius 3 is 2.86 bits per heavy atom. The first kappa shape index (κ1) is 18.4. The van der Waals surface area contributed by atoms with E-state index in [4.69, 9.17) is 10.5 Å². The summed E-state index contributed by atoms with van der Waals surface area (Å²) in [5.74, 6) is -0.825. The van der Waals surface area contributed by atoms with E-state index in [1.54, 1.807) is 18.1 Å². The zero-order chi connectivity index (χ0) is 14.7. The molecule has 0 spiro atoms. The highest BCUT2D eigenvalue weighted by atomic mass is 79.9. The predicted octanol–water partition coefficient (Wildman–Crippen LogP) is 2.59. The van der Waals surface area contributed by atoms with E-state index in [9.17, 15) is 9.18 Å². The van der Waals surface area contributed by atoms with E-state index in [1.165, 1.54) is 12.1 Å². The summed E-state index contributed by atoms with van der Waals surface area (Å²) in [6.45, 7) is 0.887. The fraction of sp³-hybridized carbons (Fsp3) is 0.500. The number of likely N-dealkylation sites (tertiary alicyclic amines) is 1. The van der Waals surface area contributed by atoms with Crippen molar-refractivity contribution >= 4 is 34.2 Å². The van der Waals surface area contributed by atoms with Crippen LogP contribution in [0.2, 0.25) is 0 Å². The number of piperidine rings is 1. The predicted molar refractivity (Wildman–Crippen MR) is 85.3 cm³/mol. The molecule has 1 amide bonds. The monoisotopic (exact) mass is 380 g/mol. The molecule has 2 atom stereocenters. The first-order valence-corrected chi connectivity index (χ1v) is 7.35. The minimum atomic E-state index is -0.519. The van der Waals surface area contributed by atoms with E-state index in [0.29, 0.717) is 24.0 Å². The lowest BCUT2D eigenvalue weighted by Gasteiger charge is -2.38. The van der Waals surface area contributed by atoms with E-state index in [0.717, 1.165) is 6.42 Å². The molecule has 1 aromatic rings. The van der Waals surface area contributed by atoms with Crippen molar-refractivity contribution in [3.63, 3.8) is 0 Å². The van der Waals surface area contributed by atoms with Gasteiger partial charge in [0.2, 0.25) is 0 Å². The van der Waals surface area contributed by atoms with Crippen LogP contribution in [-0.2, 0) is 4.74 Å². The number of benzene rings is 1. The summed E-state index contributed by atoms with van der Waals surface area (Å²) < 4.78 is 19.8. The summed E-state index contributed by atoms with van der Waals surface area (Å²) >= 11 is 3.18. The van der Waals surface area contributed by atoms with E-state index in [1.807, 2.05) is 0 Å². The molecule has 0 saturated carbocycles. The molecular weight excluding hydrogens is 363 g/mol. The topological polar surface area (TPSA) is 55.6 Å². The number of nitrogens with zero attached hydrogens (tertiary/aromatic N) is 1. The van der Waals surface area contributed by atoms with Crippen LogP contribution in [0, 0.1) is 5.82 Å². The van der Waals surface area contributed by atoms with Gasteiger partial charge in [-0.15, -0.1) is 12.4 Å². The Bertz CT molecular complexity index is 504. The molecule has 1 aliphatic rings. The summed E-state index contributed by atoms with van der Waals surface area (Å²) in [5.41, 5.74) is 5.82. The number of amides is 1. The fourth-order valence-corrected chi connectivity index (χ4v) is 2.87. The van der Waals surface area contributed by atoms with E-state index >= 15 is 0 Å². The van der Waals surface area contributed by atoms with Crippen LogP contribution in [0.3, 0.4) is 0 Å². The van der Waals surface area contributed by atoms with Gasteiger partial charge in [-0.25, -0.2) is 4.39 Å². The van der Waals surface area contributed by atoms with Gasteiger partial charge in [-0.1, -0.05) is 15.9 Å². The lowest BCUT2D eigenvalue weighted by molar-refractivity contribution is 0.0137. The van der Waals surface area contributed by atoms with Crippen LogP contribution in [0.25, 0.3) is 0 Å². The third-order valence-electron chi connectivity index (χ3n) is 3.70. The van der Waals surface area contributed by atoms with Gasteiger partial charge in [0.15, 0.2) is 0 Å². The molecular formula is C14H19BrClFN2O2. The van der Waals surface area contributed by atoms with Crippen molar-refractivity contribution in [2.45, 2.75) is 25.0 Å². The highest BCUT2D eigenvalue weighted by Gasteiger charge is 2.32. The largest absolute Gasteiger partial charge is 0.381 e. The Hall–Kier alpha value is -0.690. The fourth-order valence-electron chi connectivity index (χ4n) is 2.54. The first-order valence-electron chi connectivity index (χ1n) is 6.55. The van der Waals surface area contributed by atoms with Crippen molar-refractivity contribution in [2.75, 3.05) is 20.2 Å². The quantitative estimate of drug-likeness (QED) is 0.875. The van der Waals surface area contributed by atoms with Gasteiger partial charge in [0.1, 0.15) is 5.82 Å². The summed E-state index contributed by atoms with van der Waals surface area (Å²) in [5, 5.41) is 0. The maximum atomic E-state index is 13.9. The molecule has 0 aliphatic carbocycles. The summed E-state index contributed by atoms with van der Waals surface area (Å²) in [7, 11) is 1.66. The van der Waals surface area contributed by atoms with Crippen molar-refractivity contribution in [3.05, 3.63) is 34.1 Å².